The van der Waals surface area contributed by atoms with Crippen LogP contribution < -0.4 is 5.32 Å². The second-order valence-corrected chi connectivity index (χ2v) is 4.34. The number of aromatic carboxylic acids is 1. The molecule has 18 heavy (non-hydrogen) atoms. The number of carbonyl (C=O) groups excluding carboxylic acids is 1. The van der Waals surface area contributed by atoms with E-state index in [1.165, 1.54) is 29.7 Å². The third kappa shape index (κ3) is 2.69. The Morgan fingerprint density at radius 1 is 1.39 bits per heavy atom. The normalized spacial score (nSPS) is 10.1. The molecular weight excluding hydrogens is 254 g/mol. The lowest BCUT2D eigenvalue weighted by atomic mass is 10.2. The molecule has 1 amide bonds. The van der Waals surface area contributed by atoms with Gasteiger partial charge in [-0.15, -0.1) is 11.3 Å². The summed E-state index contributed by atoms with van der Waals surface area (Å²) in [6.45, 7) is 1.83. The number of carboxylic acids is 1. The molecule has 2 aromatic heterocycles. The van der Waals surface area contributed by atoms with Crippen LogP contribution in [-0.4, -0.2) is 27.0 Å². The van der Waals surface area contributed by atoms with Crippen molar-refractivity contribution in [2.24, 2.45) is 0 Å². The molecule has 92 valence electrons. The molecule has 0 aliphatic carbocycles. The predicted molar refractivity (Wildman–Crippen MR) is 66.0 cm³/mol. The third-order valence-corrected chi connectivity index (χ3v) is 2.96. The SMILES string of the molecule is Cc1csc(NC(=O)c2ccc(C(=O)O)nc2)n1. The second-order valence-electron chi connectivity index (χ2n) is 3.49. The maximum absolute atomic E-state index is 11.8. The molecule has 6 nitrogen and oxygen atoms in total. The standard InChI is InChI=1S/C11H9N3O3S/c1-6-5-18-11(13-6)14-9(15)7-2-3-8(10(16)17)12-4-7/h2-5H,1H3,(H,16,17)(H,13,14,15). The van der Waals surface area contributed by atoms with Crippen LogP contribution in [0.15, 0.2) is 23.7 Å². The molecule has 0 atom stereocenters. The second kappa shape index (κ2) is 4.92. The molecule has 0 spiro atoms. The van der Waals surface area contributed by atoms with Crippen LogP contribution in [-0.2, 0) is 0 Å². The molecule has 0 saturated carbocycles. The first-order valence-corrected chi connectivity index (χ1v) is 5.87. The first-order valence-electron chi connectivity index (χ1n) is 4.99. The predicted octanol–water partition coefficient (Wildman–Crippen LogP) is 1.80. The van der Waals surface area contributed by atoms with E-state index >= 15 is 0 Å². The zero-order valence-electron chi connectivity index (χ0n) is 9.38. The van der Waals surface area contributed by atoms with Gasteiger partial charge in [0.15, 0.2) is 5.13 Å². The van der Waals surface area contributed by atoms with Gasteiger partial charge >= 0.3 is 5.97 Å². The van der Waals surface area contributed by atoms with E-state index in [1.54, 1.807) is 0 Å². The zero-order valence-corrected chi connectivity index (χ0v) is 10.2. The highest BCUT2D eigenvalue weighted by Crippen LogP contribution is 2.15. The highest BCUT2D eigenvalue weighted by atomic mass is 32.1. The van der Waals surface area contributed by atoms with Crippen LogP contribution in [0.4, 0.5) is 5.13 Å². The molecule has 0 unspecified atom stereocenters. The highest BCUT2D eigenvalue weighted by molar-refractivity contribution is 7.13. The van der Waals surface area contributed by atoms with Gasteiger partial charge in [0.2, 0.25) is 0 Å². The fourth-order valence-corrected chi connectivity index (χ4v) is 1.92. The number of aromatic nitrogens is 2. The van der Waals surface area contributed by atoms with Crippen LogP contribution in [0.2, 0.25) is 0 Å². The molecular formula is C11H9N3O3S. The molecule has 0 saturated heterocycles. The average Bonchev–Trinajstić information content (AvgIpc) is 2.75. The van der Waals surface area contributed by atoms with Crippen molar-refractivity contribution in [2.45, 2.75) is 6.92 Å². The molecule has 0 aliphatic heterocycles. The molecule has 0 fully saturated rings. The van der Waals surface area contributed by atoms with Crippen LogP contribution in [0.25, 0.3) is 0 Å². The molecule has 7 heteroatoms. The molecule has 0 aliphatic rings. The summed E-state index contributed by atoms with van der Waals surface area (Å²) >= 11 is 1.32. The van der Waals surface area contributed by atoms with Gasteiger partial charge in [0, 0.05) is 11.6 Å². The van der Waals surface area contributed by atoms with E-state index < -0.39 is 5.97 Å². The van der Waals surface area contributed by atoms with E-state index in [1.807, 2.05) is 12.3 Å². The van der Waals surface area contributed by atoms with Crippen LogP contribution >= 0.6 is 11.3 Å². The Balaban J connectivity index is 2.11. The summed E-state index contributed by atoms with van der Waals surface area (Å²) in [5.41, 5.74) is 1.01. The Morgan fingerprint density at radius 3 is 2.67 bits per heavy atom. The number of carbonyl (C=O) groups is 2. The maximum Gasteiger partial charge on any atom is 0.354 e. The van der Waals surface area contributed by atoms with E-state index in [-0.39, 0.29) is 17.2 Å². The van der Waals surface area contributed by atoms with Crippen LogP contribution in [0.3, 0.4) is 0 Å². The number of amides is 1. The maximum atomic E-state index is 11.8. The van der Waals surface area contributed by atoms with Crippen molar-refractivity contribution in [2.75, 3.05) is 5.32 Å². The summed E-state index contributed by atoms with van der Waals surface area (Å²) in [5.74, 6) is -1.49. The molecule has 2 aromatic rings. The number of nitrogens with one attached hydrogen (secondary N) is 1. The van der Waals surface area contributed by atoms with E-state index in [0.717, 1.165) is 5.69 Å². The number of rotatable bonds is 3. The minimum Gasteiger partial charge on any atom is -0.477 e. The summed E-state index contributed by atoms with van der Waals surface area (Å²) in [6, 6.07) is 2.69. The monoisotopic (exact) mass is 263 g/mol. The van der Waals surface area contributed by atoms with Gasteiger partial charge in [-0.1, -0.05) is 0 Å². The van der Waals surface area contributed by atoms with E-state index in [4.69, 9.17) is 5.11 Å². The van der Waals surface area contributed by atoms with Gasteiger partial charge in [-0.05, 0) is 19.1 Å². The van der Waals surface area contributed by atoms with Crippen molar-refractivity contribution in [3.63, 3.8) is 0 Å². The Kier molecular flexibility index (Phi) is 3.33. The van der Waals surface area contributed by atoms with E-state index in [0.29, 0.717) is 5.13 Å². The van der Waals surface area contributed by atoms with Gasteiger partial charge in [-0.3, -0.25) is 10.1 Å². The lowest BCUT2D eigenvalue weighted by molar-refractivity contribution is 0.0690. The van der Waals surface area contributed by atoms with Crippen LogP contribution in [0.5, 0.6) is 0 Å². The first-order chi connectivity index (χ1) is 8.56. The van der Waals surface area contributed by atoms with Gasteiger partial charge in [0.1, 0.15) is 5.69 Å². The van der Waals surface area contributed by atoms with Crippen molar-refractivity contribution in [1.29, 1.82) is 0 Å². The van der Waals surface area contributed by atoms with Crippen molar-refractivity contribution in [1.82, 2.24) is 9.97 Å². The number of hydrogen-bond acceptors (Lipinski definition) is 5. The number of thiazole rings is 1. The van der Waals surface area contributed by atoms with Gasteiger partial charge in [-0.2, -0.15) is 0 Å². The molecule has 0 bridgehead atoms. The van der Waals surface area contributed by atoms with Crippen molar-refractivity contribution in [3.8, 4) is 0 Å². The summed E-state index contributed by atoms with van der Waals surface area (Å²) in [6.07, 6.45) is 1.22. The summed E-state index contributed by atoms with van der Waals surface area (Å²) in [5, 5.41) is 13.6. The first kappa shape index (κ1) is 12.2. The van der Waals surface area contributed by atoms with Gasteiger partial charge in [-0.25, -0.2) is 14.8 Å². The Labute approximate surface area is 106 Å². The largest absolute Gasteiger partial charge is 0.477 e. The van der Waals surface area contributed by atoms with Crippen molar-refractivity contribution >= 4 is 28.3 Å². The fourth-order valence-electron chi connectivity index (χ4n) is 1.24. The summed E-state index contributed by atoms with van der Waals surface area (Å²) in [4.78, 5) is 30.1. The number of pyridine rings is 1. The summed E-state index contributed by atoms with van der Waals surface area (Å²) in [7, 11) is 0. The lowest BCUT2D eigenvalue weighted by Crippen LogP contribution is -2.12. The number of carboxylic acid groups (broad SMARTS) is 1. The molecule has 2 heterocycles. The van der Waals surface area contributed by atoms with Crippen molar-refractivity contribution in [3.05, 3.63) is 40.7 Å². The van der Waals surface area contributed by atoms with Gasteiger partial charge < -0.3 is 5.11 Å². The minimum absolute atomic E-state index is 0.100. The number of anilines is 1. The Morgan fingerprint density at radius 2 is 2.17 bits per heavy atom. The van der Waals surface area contributed by atoms with Gasteiger partial charge in [0.05, 0.1) is 11.3 Å². The lowest BCUT2D eigenvalue weighted by Gasteiger charge is -2.01. The van der Waals surface area contributed by atoms with E-state index in [9.17, 15) is 9.59 Å². The average molecular weight is 263 g/mol. The Bertz CT molecular complexity index is 592. The van der Waals surface area contributed by atoms with Gasteiger partial charge in [0.25, 0.3) is 5.91 Å². The highest BCUT2D eigenvalue weighted by Gasteiger charge is 2.10. The van der Waals surface area contributed by atoms with Crippen LogP contribution in [0, 0.1) is 6.92 Å². The number of aryl methyl sites for hydroxylation is 1. The molecule has 2 rings (SSSR count). The van der Waals surface area contributed by atoms with Crippen LogP contribution in [0.1, 0.15) is 26.5 Å². The third-order valence-electron chi connectivity index (χ3n) is 2.08. The van der Waals surface area contributed by atoms with E-state index in [2.05, 4.69) is 15.3 Å². The number of hydrogen-bond donors (Lipinski definition) is 2. The molecule has 0 aromatic carbocycles. The smallest absolute Gasteiger partial charge is 0.354 e. The minimum atomic E-state index is -1.13. The summed E-state index contributed by atoms with van der Waals surface area (Å²) < 4.78 is 0. The quantitative estimate of drug-likeness (QED) is 0.880. The Hall–Kier alpha value is -2.28. The number of nitrogens with zero attached hydrogens (tertiary/aromatic N) is 2. The molecule has 2 N–H and O–H groups in total. The topological polar surface area (TPSA) is 92.2 Å². The van der Waals surface area contributed by atoms with Crippen molar-refractivity contribution < 1.29 is 14.7 Å². The molecule has 0 radical (unpaired) electrons. The fraction of sp³-hybridized carbons (Fsp3) is 0.0909. The zero-order chi connectivity index (χ0) is 13.1.